The number of methoxy groups -OCH3 is 1. The Kier molecular flexibility index (Phi) is 1.53. The molecule has 2 aliphatic rings. The lowest BCUT2D eigenvalue weighted by molar-refractivity contribution is -0.153. The molecular weight excluding hydrogens is 152 g/mol. The van der Waals surface area contributed by atoms with Crippen LogP contribution in [0.2, 0.25) is 0 Å². The van der Waals surface area contributed by atoms with E-state index in [0.717, 1.165) is 12.8 Å². The van der Waals surface area contributed by atoms with Gasteiger partial charge in [-0.05, 0) is 31.6 Å². The van der Waals surface area contributed by atoms with E-state index in [9.17, 15) is 4.79 Å². The largest absolute Gasteiger partial charge is 0.469 e. The molecule has 0 spiro atoms. The van der Waals surface area contributed by atoms with Crippen molar-refractivity contribution in [3.05, 3.63) is 12.2 Å². The molecule has 0 aromatic heterocycles. The van der Waals surface area contributed by atoms with E-state index in [1.165, 1.54) is 7.11 Å². The van der Waals surface area contributed by atoms with Crippen LogP contribution in [0.5, 0.6) is 0 Å². The van der Waals surface area contributed by atoms with E-state index in [0.29, 0.717) is 11.8 Å². The number of carbonyl (C=O) groups excluding carboxylic acids is 1. The van der Waals surface area contributed by atoms with Crippen molar-refractivity contribution in [3.8, 4) is 0 Å². The minimum Gasteiger partial charge on any atom is -0.469 e. The third-order valence-electron chi connectivity index (χ3n) is 3.33. The quantitative estimate of drug-likeness (QED) is 0.438. The Balaban J connectivity index is 2.23. The van der Waals surface area contributed by atoms with Gasteiger partial charge in [0.1, 0.15) is 0 Å². The summed E-state index contributed by atoms with van der Waals surface area (Å²) < 4.78 is 4.82. The van der Waals surface area contributed by atoms with Gasteiger partial charge in [0, 0.05) is 0 Å². The molecule has 0 amide bonds. The van der Waals surface area contributed by atoms with Crippen LogP contribution in [0, 0.1) is 17.3 Å². The Morgan fingerprint density at radius 3 is 2.75 bits per heavy atom. The number of hydrogen-bond acceptors (Lipinski definition) is 2. The smallest absolute Gasteiger partial charge is 0.312 e. The first kappa shape index (κ1) is 7.84. The monoisotopic (exact) mass is 166 g/mol. The molecule has 2 aliphatic carbocycles. The van der Waals surface area contributed by atoms with Crippen LogP contribution in [0.4, 0.5) is 0 Å². The minimum absolute atomic E-state index is 0.0423. The van der Waals surface area contributed by atoms with Crippen LogP contribution in [-0.2, 0) is 9.53 Å². The van der Waals surface area contributed by atoms with E-state index in [1.54, 1.807) is 0 Å². The predicted molar refractivity (Wildman–Crippen MR) is 45.5 cm³/mol. The molecule has 0 saturated heterocycles. The van der Waals surface area contributed by atoms with Crippen LogP contribution in [-0.4, -0.2) is 13.1 Å². The summed E-state index contributed by atoms with van der Waals surface area (Å²) in [5, 5.41) is 0. The van der Waals surface area contributed by atoms with Gasteiger partial charge in [-0.2, -0.15) is 0 Å². The van der Waals surface area contributed by atoms with Gasteiger partial charge in [0.25, 0.3) is 0 Å². The zero-order chi connectivity index (χ0) is 8.77. The fourth-order valence-electron chi connectivity index (χ4n) is 2.56. The Labute approximate surface area is 72.6 Å². The van der Waals surface area contributed by atoms with Gasteiger partial charge < -0.3 is 4.74 Å². The third-order valence-corrected chi connectivity index (χ3v) is 3.33. The third kappa shape index (κ3) is 0.838. The molecule has 0 heterocycles. The molecule has 12 heavy (non-hydrogen) atoms. The van der Waals surface area contributed by atoms with Crippen molar-refractivity contribution in [1.82, 2.24) is 0 Å². The number of esters is 1. The van der Waals surface area contributed by atoms with Crippen LogP contribution >= 0.6 is 0 Å². The van der Waals surface area contributed by atoms with Crippen LogP contribution < -0.4 is 0 Å². The summed E-state index contributed by atoms with van der Waals surface area (Å²) in [4.78, 5) is 11.5. The van der Waals surface area contributed by atoms with E-state index in [1.807, 2.05) is 6.92 Å². The number of fused-ring (bicyclic) bond motifs is 2. The number of rotatable bonds is 1. The zero-order valence-electron chi connectivity index (χ0n) is 7.54. The number of allylic oxidation sites excluding steroid dienone is 2. The van der Waals surface area contributed by atoms with Gasteiger partial charge in [-0.15, -0.1) is 0 Å². The topological polar surface area (TPSA) is 26.3 Å². The van der Waals surface area contributed by atoms with Crippen LogP contribution in [0.3, 0.4) is 0 Å². The van der Waals surface area contributed by atoms with E-state index in [-0.39, 0.29) is 11.4 Å². The van der Waals surface area contributed by atoms with E-state index in [2.05, 4.69) is 12.2 Å². The number of hydrogen-bond donors (Lipinski definition) is 0. The summed E-state index contributed by atoms with van der Waals surface area (Å²) in [6.45, 7) is 2.02. The van der Waals surface area contributed by atoms with Crippen molar-refractivity contribution in [2.24, 2.45) is 17.3 Å². The van der Waals surface area contributed by atoms with E-state index < -0.39 is 0 Å². The van der Waals surface area contributed by atoms with Crippen molar-refractivity contribution in [3.63, 3.8) is 0 Å². The lowest BCUT2D eigenvalue weighted by Crippen LogP contribution is -2.32. The molecule has 1 saturated carbocycles. The van der Waals surface area contributed by atoms with Crippen LogP contribution in [0.15, 0.2) is 12.2 Å². The van der Waals surface area contributed by atoms with Crippen LogP contribution in [0.25, 0.3) is 0 Å². The second-order valence-electron chi connectivity index (χ2n) is 4.10. The van der Waals surface area contributed by atoms with Crippen molar-refractivity contribution in [2.45, 2.75) is 19.8 Å². The molecule has 1 fully saturated rings. The van der Waals surface area contributed by atoms with Gasteiger partial charge in [-0.1, -0.05) is 12.2 Å². The maximum atomic E-state index is 11.5. The molecule has 0 N–H and O–H groups in total. The highest BCUT2D eigenvalue weighted by atomic mass is 16.5. The first-order chi connectivity index (χ1) is 5.66. The Bertz CT molecular complexity index is 244. The molecule has 0 aromatic carbocycles. The standard InChI is InChI=1S/C10H14O2/c1-10(9(11)12-2)6-7-3-4-8(10)5-7/h3-4,7-8H,5-6H2,1-2H3/t7-,8+,10-/m1/s1. The average molecular weight is 166 g/mol. The van der Waals surface area contributed by atoms with Crippen molar-refractivity contribution in [2.75, 3.05) is 7.11 Å². The molecule has 0 aliphatic heterocycles. The fraction of sp³-hybridized carbons (Fsp3) is 0.700. The summed E-state index contributed by atoms with van der Waals surface area (Å²) in [6, 6.07) is 0. The van der Waals surface area contributed by atoms with Gasteiger partial charge >= 0.3 is 5.97 Å². The molecule has 0 aromatic rings. The van der Waals surface area contributed by atoms with Crippen molar-refractivity contribution < 1.29 is 9.53 Å². The second-order valence-corrected chi connectivity index (χ2v) is 4.10. The fourth-order valence-corrected chi connectivity index (χ4v) is 2.56. The normalized spacial score (nSPS) is 43.5. The molecule has 0 unspecified atom stereocenters. The lowest BCUT2D eigenvalue weighted by Gasteiger charge is -2.27. The van der Waals surface area contributed by atoms with Gasteiger partial charge in [0.05, 0.1) is 12.5 Å². The summed E-state index contributed by atoms with van der Waals surface area (Å²) >= 11 is 0. The van der Waals surface area contributed by atoms with Gasteiger partial charge in [0.15, 0.2) is 0 Å². The average Bonchev–Trinajstić information content (AvgIpc) is 2.62. The molecule has 66 valence electrons. The Hall–Kier alpha value is -0.790. The van der Waals surface area contributed by atoms with Crippen molar-refractivity contribution in [1.29, 1.82) is 0 Å². The van der Waals surface area contributed by atoms with Gasteiger partial charge in [-0.3, -0.25) is 4.79 Å². The molecule has 2 nitrogen and oxygen atoms in total. The summed E-state index contributed by atoms with van der Waals surface area (Å²) in [7, 11) is 1.48. The highest BCUT2D eigenvalue weighted by Gasteiger charge is 2.50. The van der Waals surface area contributed by atoms with Gasteiger partial charge in [-0.25, -0.2) is 0 Å². The zero-order valence-corrected chi connectivity index (χ0v) is 7.54. The molecule has 0 radical (unpaired) electrons. The second kappa shape index (κ2) is 2.35. The maximum absolute atomic E-state index is 11.5. The molecule has 2 rings (SSSR count). The van der Waals surface area contributed by atoms with Crippen molar-refractivity contribution >= 4 is 5.97 Å². The Morgan fingerprint density at radius 1 is 1.58 bits per heavy atom. The first-order valence-electron chi connectivity index (χ1n) is 4.43. The highest BCUT2D eigenvalue weighted by Crippen LogP contribution is 2.52. The summed E-state index contributed by atoms with van der Waals surface area (Å²) in [6.07, 6.45) is 6.52. The number of ether oxygens (including phenoxy) is 1. The molecule has 3 atom stereocenters. The minimum atomic E-state index is -0.228. The molecule has 2 bridgehead atoms. The number of carbonyl (C=O) groups is 1. The van der Waals surface area contributed by atoms with Crippen LogP contribution in [0.1, 0.15) is 19.8 Å². The SMILES string of the molecule is COC(=O)[C@]1(C)C[C@@H]2C=C[C@H]1C2. The Morgan fingerprint density at radius 2 is 2.33 bits per heavy atom. The van der Waals surface area contributed by atoms with E-state index >= 15 is 0 Å². The molecular formula is C10H14O2. The van der Waals surface area contributed by atoms with Gasteiger partial charge in [0.2, 0.25) is 0 Å². The first-order valence-corrected chi connectivity index (χ1v) is 4.43. The molecule has 2 heteroatoms. The summed E-state index contributed by atoms with van der Waals surface area (Å²) in [5.41, 5.74) is -0.228. The predicted octanol–water partition coefficient (Wildman–Crippen LogP) is 1.76. The maximum Gasteiger partial charge on any atom is 0.312 e. The summed E-state index contributed by atoms with van der Waals surface area (Å²) in [5.74, 6) is 1.01. The lowest BCUT2D eigenvalue weighted by atomic mass is 9.78. The highest BCUT2D eigenvalue weighted by molar-refractivity contribution is 5.78. The van der Waals surface area contributed by atoms with E-state index in [4.69, 9.17) is 4.74 Å².